The molecular weight excluding hydrogens is 330 g/mol. The Hall–Kier alpha value is -1.62. The molecule has 0 aliphatic heterocycles. The van der Waals surface area contributed by atoms with Gasteiger partial charge in [-0.15, -0.1) is 0 Å². The number of hydrogen-bond donors (Lipinski definition) is 0. The number of alkyl halides is 1. The molecule has 1 aromatic heterocycles. The number of amides is 1. The van der Waals surface area contributed by atoms with Crippen LogP contribution in [0.4, 0.5) is 0 Å². The zero-order valence-electron chi connectivity index (χ0n) is 12.4. The molecule has 0 N–H and O–H groups in total. The number of aryl methyl sites for hydroxylation is 2. The fraction of sp³-hybridized carbons (Fsp3) is 0.375. The first-order valence-electron chi connectivity index (χ1n) is 7.07. The van der Waals surface area contributed by atoms with Crippen molar-refractivity contribution in [3.63, 3.8) is 0 Å². The van der Waals surface area contributed by atoms with Gasteiger partial charge in [0.2, 0.25) is 0 Å². The van der Waals surface area contributed by atoms with E-state index in [1.165, 1.54) is 0 Å². The predicted octanol–water partition coefficient (Wildman–Crippen LogP) is 3.02. The summed E-state index contributed by atoms with van der Waals surface area (Å²) in [7, 11) is 1.85. The van der Waals surface area contributed by atoms with Gasteiger partial charge in [-0.05, 0) is 12.0 Å². The van der Waals surface area contributed by atoms with Crippen molar-refractivity contribution >= 4 is 21.8 Å². The second-order valence-corrected chi connectivity index (χ2v) is 5.71. The van der Waals surface area contributed by atoms with Crippen LogP contribution in [0.3, 0.4) is 0 Å². The molecule has 1 heterocycles. The number of hydrogen-bond acceptors (Lipinski definition) is 2. The maximum Gasteiger partial charge on any atom is 0.257 e. The predicted molar refractivity (Wildman–Crippen MR) is 87.6 cm³/mol. The normalized spacial score (nSPS) is 10.6. The number of carbonyl (C=O) groups excluding carboxylic acids is 1. The topological polar surface area (TPSA) is 38.1 Å². The summed E-state index contributed by atoms with van der Waals surface area (Å²) >= 11 is 3.43. The molecule has 0 atom stereocenters. The minimum absolute atomic E-state index is 0.0447. The molecule has 0 aliphatic rings. The maximum absolute atomic E-state index is 12.8. The number of rotatable bonds is 6. The summed E-state index contributed by atoms with van der Waals surface area (Å²) in [6, 6.07) is 10.1. The number of halogens is 1. The highest BCUT2D eigenvalue weighted by molar-refractivity contribution is 9.09. The minimum atomic E-state index is 0.0447. The molecule has 5 heteroatoms. The highest BCUT2D eigenvalue weighted by Gasteiger charge is 2.20. The van der Waals surface area contributed by atoms with Crippen molar-refractivity contribution in [3.05, 3.63) is 53.3 Å². The van der Waals surface area contributed by atoms with E-state index in [1.807, 2.05) is 55.4 Å². The fourth-order valence-electron chi connectivity index (χ4n) is 2.30. The molecular formula is C16H20BrN3O. The first kappa shape index (κ1) is 15.8. The second kappa shape index (κ2) is 7.41. The monoisotopic (exact) mass is 349 g/mol. The molecule has 1 aromatic carbocycles. The number of aromatic nitrogens is 2. The van der Waals surface area contributed by atoms with Crippen LogP contribution in [0.5, 0.6) is 0 Å². The lowest BCUT2D eigenvalue weighted by Crippen LogP contribution is -2.32. The van der Waals surface area contributed by atoms with Gasteiger partial charge in [-0.25, -0.2) is 0 Å². The Bertz CT molecular complexity index is 595. The molecule has 4 nitrogen and oxygen atoms in total. The summed E-state index contributed by atoms with van der Waals surface area (Å²) in [4.78, 5) is 14.6. The Morgan fingerprint density at radius 2 is 2.05 bits per heavy atom. The van der Waals surface area contributed by atoms with Gasteiger partial charge < -0.3 is 4.90 Å². The van der Waals surface area contributed by atoms with Crippen LogP contribution in [0.25, 0.3) is 0 Å². The minimum Gasteiger partial charge on any atom is -0.333 e. The van der Waals surface area contributed by atoms with Crippen molar-refractivity contribution in [1.82, 2.24) is 14.7 Å². The lowest BCUT2D eigenvalue weighted by Gasteiger charge is -2.21. The Balaban J connectivity index is 2.22. The molecule has 0 aliphatic carbocycles. The lowest BCUT2D eigenvalue weighted by molar-refractivity contribution is 0.0753. The van der Waals surface area contributed by atoms with Crippen molar-refractivity contribution in [2.45, 2.75) is 19.9 Å². The number of nitrogens with zero attached hydrogens (tertiary/aromatic N) is 3. The third-order valence-electron chi connectivity index (χ3n) is 3.33. The zero-order chi connectivity index (χ0) is 15.2. The van der Waals surface area contributed by atoms with E-state index in [-0.39, 0.29) is 5.91 Å². The van der Waals surface area contributed by atoms with E-state index < -0.39 is 0 Å². The number of carbonyl (C=O) groups is 1. The third kappa shape index (κ3) is 3.94. The molecule has 2 aromatic rings. The van der Waals surface area contributed by atoms with Crippen LogP contribution >= 0.6 is 15.9 Å². The maximum atomic E-state index is 12.8. The Labute approximate surface area is 133 Å². The molecule has 112 valence electrons. The van der Waals surface area contributed by atoms with Gasteiger partial charge in [0.1, 0.15) is 0 Å². The SMILES string of the molecule is CCc1nn(C)cc1C(=O)N(CCBr)Cc1ccccc1. The summed E-state index contributed by atoms with van der Waals surface area (Å²) in [5, 5.41) is 5.11. The van der Waals surface area contributed by atoms with E-state index in [1.54, 1.807) is 4.68 Å². The van der Waals surface area contributed by atoms with Crippen molar-refractivity contribution in [2.75, 3.05) is 11.9 Å². The number of benzene rings is 1. The van der Waals surface area contributed by atoms with Crippen LogP contribution in [0.15, 0.2) is 36.5 Å². The standard InChI is InChI=1S/C16H20BrN3O/c1-3-15-14(12-19(2)18-15)16(21)20(10-9-17)11-13-7-5-4-6-8-13/h4-8,12H,3,9-11H2,1-2H3. The summed E-state index contributed by atoms with van der Waals surface area (Å²) in [5.41, 5.74) is 2.70. The van der Waals surface area contributed by atoms with Gasteiger partial charge >= 0.3 is 0 Å². The van der Waals surface area contributed by atoms with Gasteiger partial charge in [-0.1, -0.05) is 53.2 Å². The molecule has 0 unspecified atom stereocenters. The average Bonchev–Trinajstić information content (AvgIpc) is 2.88. The summed E-state index contributed by atoms with van der Waals surface area (Å²) in [5.74, 6) is 0.0447. The molecule has 0 fully saturated rings. The Morgan fingerprint density at radius 1 is 1.33 bits per heavy atom. The highest BCUT2D eigenvalue weighted by Crippen LogP contribution is 2.14. The van der Waals surface area contributed by atoms with Crippen LogP contribution in [0.1, 0.15) is 28.5 Å². The summed E-state index contributed by atoms with van der Waals surface area (Å²) in [6.07, 6.45) is 2.57. The molecule has 2 rings (SSSR count). The van der Waals surface area contributed by atoms with Crippen LogP contribution in [-0.2, 0) is 20.0 Å². The first-order chi connectivity index (χ1) is 10.2. The molecule has 1 amide bonds. The van der Waals surface area contributed by atoms with Crippen molar-refractivity contribution in [1.29, 1.82) is 0 Å². The van der Waals surface area contributed by atoms with E-state index in [4.69, 9.17) is 0 Å². The van der Waals surface area contributed by atoms with Gasteiger partial charge in [0, 0.05) is 31.7 Å². The Morgan fingerprint density at radius 3 is 2.67 bits per heavy atom. The van der Waals surface area contributed by atoms with Gasteiger partial charge in [0.15, 0.2) is 0 Å². The van der Waals surface area contributed by atoms with E-state index >= 15 is 0 Å². The molecule has 0 saturated heterocycles. The van der Waals surface area contributed by atoms with Crippen LogP contribution in [0.2, 0.25) is 0 Å². The smallest absolute Gasteiger partial charge is 0.257 e. The van der Waals surface area contributed by atoms with Gasteiger partial charge in [0.05, 0.1) is 11.3 Å². The van der Waals surface area contributed by atoms with Crippen molar-refractivity contribution < 1.29 is 4.79 Å². The second-order valence-electron chi connectivity index (χ2n) is 4.92. The zero-order valence-corrected chi connectivity index (χ0v) is 14.0. The first-order valence-corrected chi connectivity index (χ1v) is 8.19. The largest absolute Gasteiger partial charge is 0.333 e. The molecule has 21 heavy (non-hydrogen) atoms. The summed E-state index contributed by atoms with van der Waals surface area (Å²) < 4.78 is 1.71. The third-order valence-corrected chi connectivity index (χ3v) is 3.68. The van der Waals surface area contributed by atoms with Crippen molar-refractivity contribution in [2.24, 2.45) is 7.05 Å². The van der Waals surface area contributed by atoms with Crippen LogP contribution in [-0.4, -0.2) is 32.5 Å². The molecule has 0 bridgehead atoms. The van der Waals surface area contributed by atoms with Crippen LogP contribution in [0, 0.1) is 0 Å². The summed E-state index contributed by atoms with van der Waals surface area (Å²) in [6.45, 7) is 3.31. The highest BCUT2D eigenvalue weighted by atomic mass is 79.9. The van der Waals surface area contributed by atoms with E-state index in [9.17, 15) is 4.79 Å². The lowest BCUT2D eigenvalue weighted by atomic mass is 10.1. The quantitative estimate of drug-likeness (QED) is 0.751. The molecule has 0 spiro atoms. The van der Waals surface area contributed by atoms with Crippen LogP contribution < -0.4 is 0 Å². The van der Waals surface area contributed by atoms with Crippen molar-refractivity contribution in [3.8, 4) is 0 Å². The van der Waals surface area contributed by atoms with Gasteiger partial charge in [0.25, 0.3) is 5.91 Å². The van der Waals surface area contributed by atoms with E-state index in [2.05, 4.69) is 21.0 Å². The molecule has 0 saturated carbocycles. The molecule has 0 radical (unpaired) electrons. The van der Waals surface area contributed by atoms with E-state index in [0.29, 0.717) is 18.7 Å². The Kier molecular flexibility index (Phi) is 5.56. The van der Waals surface area contributed by atoms with E-state index in [0.717, 1.165) is 23.0 Å². The fourth-order valence-corrected chi connectivity index (χ4v) is 2.73. The average molecular weight is 350 g/mol. The van der Waals surface area contributed by atoms with Gasteiger partial charge in [-0.3, -0.25) is 9.48 Å². The van der Waals surface area contributed by atoms with Gasteiger partial charge in [-0.2, -0.15) is 5.10 Å².